The molecule has 2 fully saturated rings. The van der Waals surface area contributed by atoms with Crippen LogP contribution in [-0.4, -0.2) is 60.7 Å². The lowest BCUT2D eigenvalue weighted by atomic mass is 10.2. The van der Waals surface area contributed by atoms with Gasteiger partial charge in [-0.1, -0.05) is 6.07 Å². The third-order valence-electron chi connectivity index (χ3n) is 5.37. The molecular weight excluding hydrogens is 529 g/mol. The summed E-state index contributed by atoms with van der Waals surface area (Å²) in [6, 6.07) is 3.54. The van der Waals surface area contributed by atoms with Crippen LogP contribution in [0.4, 0.5) is 29.5 Å². The van der Waals surface area contributed by atoms with Gasteiger partial charge in [0.2, 0.25) is 11.9 Å². The molecular formula is C19H22F4IN7. The molecule has 0 aromatic carbocycles. The second-order valence-electron chi connectivity index (χ2n) is 8.04. The molecule has 12 heteroatoms. The van der Waals surface area contributed by atoms with Crippen molar-refractivity contribution >= 4 is 34.5 Å². The molecule has 31 heavy (non-hydrogen) atoms. The fraction of sp³-hybridized carbons (Fsp3) is 0.579. The largest absolute Gasteiger partial charge is 0.433 e. The summed E-state index contributed by atoms with van der Waals surface area (Å²) in [7, 11) is 2.01. The first-order chi connectivity index (χ1) is 14.6. The highest BCUT2D eigenvalue weighted by Crippen LogP contribution is 2.40. The van der Waals surface area contributed by atoms with Gasteiger partial charge >= 0.3 is 6.18 Å². The van der Waals surface area contributed by atoms with Crippen LogP contribution >= 0.6 is 22.6 Å². The summed E-state index contributed by atoms with van der Waals surface area (Å²) < 4.78 is 52.3. The zero-order chi connectivity index (χ0) is 22.2. The van der Waals surface area contributed by atoms with Crippen molar-refractivity contribution in [2.45, 2.75) is 47.6 Å². The van der Waals surface area contributed by atoms with Crippen LogP contribution in [0.5, 0.6) is 0 Å². The highest BCUT2D eigenvalue weighted by Gasteiger charge is 2.37. The standard InChI is InChI=1S/C19H22F4IN7/c1-31-8-6-12(10-31)26-17-29-15(13-3-2-4-14(27-13)19(21,22)23)28-16(30-17)25-11-5-7-18(20,24)9-11/h2-4,11-12H,5-10H2,1H3,(H2,25,26,28,29,30). The normalized spacial score (nSPS) is 26.9. The average Bonchev–Trinajstić information content (AvgIpc) is 3.25. The zero-order valence-corrected chi connectivity index (χ0v) is 18.9. The number of nitrogens with zero attached hydrogens (tertiary/aromatic N) is 5. The molecule has 3 unspecified atom stereocenters. The Hall–Kier alpha value is -1.83. The van der Waals surface area contributed by atoms with Crippen LogP contribution in [0.2, 0.25) is 0 Å². The van der Waals surface area contributed by atoms with E-state index in [1.807, 2.05) is 7.05 Å². The number of hydrogen-bond acceptors (Lipinski definition) is 7. The fourth-order valence-corrected chi connectivity index (χ4v) is 4.67. The number of alkyl halides is 5. The second kappa shape index (κ2) is 8.60. The molecule has 3 atom stereocenters. The molecule has 0 radical (unpaired) electrons. The molecule has 4 rings (SSSR count). The van der Waals surface area contributed by atoms with Gasteiger partial charge in [-0.25, -0.2) is 9.37 Å². The van der Waals surface area contributed by atoms with Crippen LogP contribution in [0.1, 0.15) is 31.4 Å². The first-order valence-electron chi connectivity index (χ1n) is 9.97. The third-order valence-corrected chi connectivity index (χ3v) is 6.35. The van der Waals surface area contributed by atoms with Crippen LogP contribution in [-0.2, 0) is 6.18 Å². The molecule has 1 aliphatic heterocycles. The first kappa shape index (κ1) is 22.4. The van der Waals surface area contributed by atoms with E-state index in [-0.39, 0.29) is 35.5 Å². The molecule has 1 saturated carbocycles. The van der Waals surface area contributed by atoms with Crippen molar-refractivity contribution in [1.82, 2.24) is 24.8 Å². The molecule has 0 spiro atoms. The van der Waals surface area contributed by atoms with E-state index < -0.39 is 15.5 Å². The Morgan fingerprint density at radius 3 is 2.35 bits per heavy atom. The minimum absolute atomic E-state index is 0.00739. The van der Waals surface area contributed by atoms with E-state index in [1.54, 1.807) is 22.6 Å². The number of nitrogens with one attached hydrogen (secondary N) is 2. The number of pyridine rings is 1. The predicted octanol–water partition coefficient (Wildman–Crippen LogP) is 4.13. The predicted molar refractivity (Wildman–Crippen MR) is 117 cm³/mol. The molecule has 2 aliphatic rings. The van der Waals surface area contributed by atoms with Crippen LogP contribution in [0, 0.1) is 0 Å². The Balaban J connectivity index is 1.64. The Bertz CT molecular complexity index is 940. The lowest BCUT2D eigenvalue weighted by molar-refractivity contribution is -0.141. The van der Waals surface area contributed by atoms with Gasteiger partial charge in [0, 0.05) is 25.0 Å². The lowest BCUT2D eigenvalue weighted by Crippen LogP contribution is -2.26. The topological polar surface area (TPSA) is 78.9 Å². The van der Waals surface area contributed by atoms with E-state index in [9.17, 15) is 17.6 Å². The average molecular weight is 551 g/mol. The minimum Gasteiger partial charge on any atom is -0.351 e. The van der Waals surface area contributed by atoms with Crippen LogP contribution in [0.15, 0.2) is 18.2 Å². The number of likely N-dealkylation sites (N-methyl/N-ethyl adjacent to an activating group) is 1. The van der Waals surface area contributed by atoms with Gasteiger partial charge in [-0.3, -0.25) is 0 Å². The van der Waals surface area contributed by atoms with Gasteiger partial charge in [0.25, 0.3) is 0 Å². The summed E-state index contributed by atoms with van der Waals surface area (Å²) >= 11 is 1.80. The first-order valence-corrected chi connectivity index (χ1v) is 11.1. The monoisotopic (exact) mass is 551 g/mol. The van der Waals surface area contributed by atoms with Crippen molar-refractivity contribution in [1.29, 1.82) is 0 Å². The maximum Gasteiger partial charge on any atom is 0.433 e. The van der Waals surface area contributed by atoms with Crippen LogP contribution in [0.25, 0.3) is 11.5 Å². The summed E-state index contributed by atoms with van der Waals surface area (Å²) in [6.45, 7) is 1.72. The number of rotatable bonds is 5. The van der Waals surface area contributed by atoms with Crippen molar-refractivity contribution in [3.63, 3.8) is 0 Å². The van der Waals surface area contributed by atoms with Gasteiger partial charge in [0.15, 0.2) is 9.50 Å². The van der Waals surface area contributed by atoms with Crippen molar-refractivity contribution in [2.24, 2.45) is 0 Å². The van der Waals surface area contributed by atoms with E-state index >= 15 is 0 Å². The second-order valence-corrected chi connectivity index (χ2v) is 9.98. The van der Waals surface area contributed by atoms with Gasteiger partial charge < -0.3 is 15.5 Å². The molecule has 2 aromatic rings. The minimum atomic E-state index is -4.58. The highest BCUT2D eigenvalue weighted by molar-refractivity contribution is 14.1. The van der Waals surface area contributed by atoms with Crippen molar-refractivity contribution in [3.8, 4) is 11.5 Å². The summed E-state index contributed by atoms with van der Waals surface area (Å²) in [4.78, 5) is 18.9. The van der Waals surface area contributed by atoms with E-state index in [0.29, 0.717) is 19.3 Å². The van der Waals surface area contributed by atoms with E-state index in [0.717, 1.165) is 25.6 Å². The van der Waals surface area contributed by atoms with Gasteiger partial charge in [-0.15, -0.1) is 0 Å². The van der Waals surface area contributed by atoms with Gasteiger partial charge in [-0.05, 0) is 67.6 Å². The highest BCUT2D eigenvalue weighted by atomic mass is 127. The van der Waals surface area contributed by atoms with Gasteiger partial charge in [0.05, 0.1) is 0 Å². The van der Waals surface area contributed by atoms with Crippen molar-refractivity contribution < 1.29 is 17.6 Å². The Morgan fingerprint density at radius 2 is 1.77 bits per heavy atom. The van der Waals surface area contributed by atoms with Gasteiger partial charge in [0.1, 0.15) is 11.4 Å². The van der Waals surface area contributed by atoms with Crippen molar-refractivity contribution in [2.75, 3.05) is 30.8 Å². The van der Waals surface area contributed by atoms with E-state index in [2.05, 4.69) is 35.5 Å². The number of hydrogen-bond donors (Lipinski definition) is 2. The molecule has 2 N–H and O–H groups in total. The van der Waals surface area contributed by atoms with Crippen molar-refractivity contribution in [3.05, 3.63) is 23.9 Å². The Kier molecular flexibility index (Phi) is 6.21. The van der Waals surface area contributed by atoms with E-state index in [1.165, 1.54) is 12.1 Å². The van der Waals surface area contributed by atoms with Gasteiger partial charge in [-0.2, -0.15) is 28.1 Å². The van der Waals surface area contributed by atoms with Crippen LogP contribution in [0.3, 0.4) is 0 Å². The fourth-order valence-electron chi connectivity index (χ4n) is 3.83. The summed E-state index contributed by atoms with van der Waals surface area (Å²) in [6.07, 6.45) is -2.36. The molecule has 1 saturated heterocycles. The quantitative estimate of drug-likeness (QED) is 0.329. The zero-order valence-electron chi connectivity index (χ0n) is 16.8. The number of anilines is 2. The smallest absolute Gasteiger partial charge is 0.351 e. The maximum atomic E-state index is 14.2. The summed E-state index contributed by atoms with van der Waals surface area (Å²) in [5.41, 5.74) is -1.03. The Labute approximate surface area is 190 Å². The molecule has 3 heterocycles. The number of aromatic nitrogens is 4. The third kappa shape index (κ3) is 5.70. The number of halogens is 5. The maximum absolute atomic E-state index is 14.2. The summed E-state index contributed by atoms with van der Waals surface area (Å²) in [5, 5.41) is 6.36. The number of likely N-dealkylation sites (tertiary alicyclic amines) is 1. The molecule has 168 valence electrons. The lowest BCUT2D eigenvalue weighted by Gasteiger charge is -2.17. The summed E-state index contributed by atoms with van der Waals surface area (Å²) in [5.74, 6) is 0.472. The Morgan fingerprint density at radius 1 is 1.06 bits per heavy atom. The SMILES string of the molecule is CN1CCC(Nc2nc(NC3CCC(F)(I)C3)nc(-c3cccc(C(F)(F)F)n3)n2)C1. The van der Waals surface area contributed by atoms with E-state index in [4.69, 9.17) is 0 Å². The van der Waals surface area contributed by atoms with Crippen LogP contribution < -0.4 is 10.6 Å². The molecule has 0 amide bonds. The molecule has 2 aromatic heterocycles. The molecule has 7 nitrogen and oxygen atoms in total. The molecule has 0 bridgehead atoms. The molecule has 1 aliphatic carbocycles.